The number of nitrogen functional groups attached to an aromatic ring is 1. The molecule has 2 heterocycles. The van der Waals surface area contributed by atoms with E-state index in [9.17, 15) is 0 Å². The summed E-state index contributed by atoms with van der Waals surface area (Å²) in [7, 11) is 0. The lowest BCUT2D eigenvalue weighted by Crippen LogP contribution is -1.95. The standard InChI is InChI=1S/C12H10N4S/c1-7-2-3-8-9(6-7)17-12(16-8)10-11(13)15-5-4-14-10/h2-6H,1H3,(H2,13,15). The number of rotatable bonds is 1. The quantitative estimate of drug-likeness (QED) is 0.712. The Kier molecular flexibility index (Phi) is 2.26. The summed E-state index contributed by atoms with van der Waals surface area (Å²) in [6.07, 6.45) is 3.21. The Morgan fingerprint density at radius 1 is 1.18 bits per heavy atom. The maximum absolute atomic E-state index is 5.80. The summed E-state index contributed by atoms with van der Waals surface area (Å²) in [4.78, 5) is 12.8. The Hall–Kier alpha value is -2.01. The number of nitrogens with two attached hydrogens (primary N) is 1. The first-order valence-electron chi connectivity index (χ1n) is 5.18. The first-order valence-corrected chi connectivity index (χ1v) is 6.00. The number of fused-ring (bicyclic) bond motifs is 1. The molecule has 0 aliphatic rings. The molecule has 0 saturated carbocycles. The van der Waals surface area contributed by atoms with Crippen molar-refractivity contribution in [2.24, 2.45) is 0 Å². The van der Waals surface area contributed by atoms with Crippen LogP contribution in [-0.2, 0) is 0 Å². The Labute approximate surface area is 102 Å². The fraction of sp³-hybridized carbons (Fsp3) is 0.0833. The van der Waals surface area contributed by atoms with E-state index in [-0.39, 0.29) is 0 Å². The number of anilines is 1. The molecule has 1 aromatic carbocycles. The van der Waals surface area contributed by atoms with Gasteiger partial charge in [0.25, 0.3) is 0 Å². The summed E-state index contributed by atoms with van der Waals surface area (Å²) in [5, 5.41) is 0.816. The topological polar surface area (TPSA) is 64.7 Å². The summed E-state index contributed by atoms with van der Waals surface area (Å²) >= 11 is 1.59. The van der Waals surface area contributed by atoms with E-state index < -0.39 is 0 Å². The van der Waals surface area contributed by atoms with Crippen LogP contribution in [0, 0.1) is 6.92 Å². The fourth-order valence-corrected chi connectivity index (χ4v) is 2.72. The van der Waals surface area contributed by atoms with Crippen molar-refractivity contribution in [1.82, 2.24) is 15.0 Å². The zero-order valence-electron chi connectivity index (χ0n) is 9.21. The lowest BCUT2D eigenvalue weighted by Gasteiger charge is -1.97. The molecule has 5 heteroatoms. The molecule has 0 bridgehead atoms. The highest BCUT2D eigenvalue weighted by atomic mass is 32.1. The van der Waals surface area contributed by atoms with Crippen molar-refractivity contribution in [2.45, 2.75) is 6.92 Å². The van der Waals surface area contributed by atoms with Crippen LogP contribution >= 0.6 is 11.3 Å². The van der Waals surface area contributed by atoms with Crippen LogP contribution in [0.2, 0.25) is 0 Å². The number of aryl methyl sites for hydroxylation is 1. The van der Waals surface area contributed by atoms with Crippen molar-refractivity contribution in [3.8, 4) is 10.7 Å². The van der Waals surface area contributed by atoms with Crippen LogP contribution < -0.4 is 5.73 Å². The Morgan fingerprint density at radius 3 is 2.82 bits per heavy atom. The van der Waals surface area contributed by atoms with Crippen molar-refractivity contribution < 1.29 is 0 Å². The third kappa shape index (κ3) is 1.74. The summed E-state index contributed by atoms with van der Waals surface area (Å²) in [6, 6.07) is 6.17. The monoisotopic (exact) mass is 242 g/mol. The summed E-state index contributed by atoms with van der Waals surface area (Å²) < 4.78 is 1.14. The van der Waals surface area contributed by atoms with Crippen LogP contribution in [0.25, 0.3) is 20.9 Å². The van der Waals surface area contributed by atoms with Crippen molar-refractivity contribution >= 4 is 27.4 Å². The summed E-state index contributed by atoms with van der Waals surface area (Å²) in [5.41, 5.74) is 8.65. The number of aromatic nitrogens is 3. The molecule has 0 amide bonds. The van der Waals surface area contributed by atoms with Gasteiger partial charge in [0.1, 0.15) is 10.7 Å². The minimum Gasteiger partial charge on any atom is -0.382 e. The lowest BCUT2D eigenvalue weighted by atomic mass is 10.2. The van der Waals surface area contributed by atoms with Gasteiger partial charge in [-0.3, -0.25) is 0 Å². The molecule has 0 aliphatic heterocycles. The van der Waals surface area contributed by atoms with E-state index in [0.717, 1.165) is 15.2 Å². The predicted molar refractivity (Wildman–Crippen MR) is 69.8 cm³/mol. The number of hydrogen-bond acceptors (Lipinski definition) is 5. The zero-order chi connectivity index (χ0) is 11.8. The first kappa shape index (κ1) is 10.2. The van der Waals surface area contributed by atoms with E-state index in [2.05, 4.69) is 27.9 Å². The van der Waals surface area contributed by atoms with Crippen LogP contribution in [-0.4, -0.2) is 15.0 Å². The van der Waals surface area contributed by atoms with Gasteiger partial charge in [-0.25, -0.2) is 15.0 Å². The summed E-state index contributed by atoms with van der Waals surface area (Å²) in [5.74, 6) is 0.420. The molecule has 2 aromatic heterocycles. The van der Waals surface area contributed by atoms with Gasteiger partial charge in [-0.15, -0.1) is 11.3 Å². The zero-order valence-corrected chi connectivity index (χ0v) is 10.0. The maximum Gasteiger partial charge on any atom is 0.152 e. The van der Waals surface area contributed by atoms with Gasteiger partial charge in [-0.05, 0) is 24.6 Å². The highest BCUT2D eigenvalue weighted by Gasteiger charge is 2.10. The fourth-order valence-electron chi connectivity index (χ4n) is 1.65. The van der Waals surface area contributed by atoms with E-state index >= 15 is 0 Å². The number of hydrogen-bond donors (Lipinski definition) is 1. The second-order valence-electron chi connectivity index (χ2n) is 3.78. The van der Waals surface area contributed by atoms with Crippen molar-refractivity contribution in [2.75, 3.05) is 5.73 Å². The molecule has 0 fully saturated rings. The molecule has 3 aromatic rings. The van der Waals surface area contributed by atoms with Gasteiger partial charge in [-0.2, -0.15) is 0 Å². The molecule has 0 spiro atoms. The van der Waals surface area contributed by atoms with E-state index in [4.69, 9.17) is 5.73 Å². The largest absolute Gasteiger partial charge is 0.382 e. The third-order valence-electron chi connectivity index (χ3n) is 2.47. The van der Waals surface area contributed by atoms with Gasteiger partial charge in [0.05, 0.1) is 10.2 Å². The summed E-state index contributed by atoms with van der Waals surface area (Å²) in [6.45, 7) is 2.06. The van der Waals surface area contributed by atoms with Crippen LogP contribution in [0.5, 0.6) is 0 Å². The van der Waals surface area contributed by atoms with E-state index in [0.29, 0.717) is 11.5 Å². The second-order valence-corrected chi connectivity index (χ2v) is 4.81. The van der Waals surface area contributed by atoms with Crippen molar-refractivity contribution in [1.29, 1.82) is 0 Å². The third-order valence-corrected chi connectivity index (χ3v) is 3.50. The van der Waals surface area contributed by atoms with Gasteiger partial charge in [0.15, 0.2) is 5.82 Å². The van der Waals surface area contributed by atoms with Gasteiger partial charge in [-0.1, -0.05) is 6.07 Å². The Morgan fingerprint density at radius 2 is 2.00 bits per heavy atom. The molecule has 0 atom stereocenters. The van der Waals surface area contributed by atoms with Crippen LogP contribution in [0.4, 0.5) is 5.82 Å². The average Bonchev–Trinajstić information content (AvgIpc) is 2.72. The molecule has 0 saturated heterocycles. The minimum absolute atomic E-state index is 0.420. The van der Waals surface area contributed by atoms with Gasteiger partial charge >= 0.3 is 0 Å². The number of benzene rings is 1. The molecular weight excluding hydrogens is 232 g/mol. The molecule has 3 rings (SSSR count). The van der Waals surface area contributed by atoms with Gasteiger partial charge < -0.3 is 5.73 Å². The molecular formula is C12H10N4S. The van der Waals surface area contributed by atoms with E-state index in [1.165, 1.54) is 5.56 Å². The normalized spacial score (nSPS) is 10.9. The smallest absolute Gasteiger partial charge is 0.152 e. The van der Waals surface area contributed by atoms with E-state index in [1.807, 2.05) is 12.1 Å². The molecule has 0 unspecified atom stereocenters. The Bertz CT molecular complexity index is 690. The average molecular weight is 242 g/mol. The molecule has 4 nitrogen and oxygen atoms in total. The minimum atomic E-state index is 0.420. The van der Waals surface area contributed by atoms with Crippen molar-refractivity contribution in [3.05, 3.63) is 36.2 Å². The Balaban J connectivity index is 2.22. The van der Waals surface area contributed by atoms with Crippen LogP contribution in [0.3, 0.4) is 0 Å². The first-order chi connectivity index (χ1) is 8.24. The van der Waals surface area contributed by atoms with E-state index in [1.54, 1.807) is 23.7 Å². The lowest BCUT2D eigenvalue weighted by molar-refractivity contribution is 1.21. The number of nitrogens with zero attached hydrogens (tertiary/aromatic N) is 3. The van der Waals surface area contributed by atoms with Crippen molar-refractivity contribution in [3.63, 3.8) is 0 Å². The number of thiazole rings is 1. The molecule has 2 N–H and O–H groups in total. The van der Waals surface area contributed by atoms with Gasteiger partial charge in [0, 0.05) is 12.4 Å². The highest BCUT2D eigenvalue weighted by molar-refractivity contribution is 7.21. The SMILES string of the molecule is Cc1ccc2nc(-c3nccnc3N)sc2c1. The van der Waals surface area contributed by atoms with Crippen LogP contribution in [0.1, 0.15) is 5.56 Å². The molecule has 0 radical (unpaired) electrons. The molecule has 84 valence electrons. The predicted octanol–water partition coefficient (Wildman–Crippen LogP) is 2.64. The molecule has 17 heavy (non-hydrogen) atoms. The highest BCUT2D eigenvalue weighted by Crippen LogP contribution is 2.31. The second kappa shape index (κ2) is 3.78. The van der Waals surface area contributed by atoms with Gasteiger partial charge in [0.2, 0.25) is 0 Å². The maximum atomic E-state index is 5.80. The molecule has 0 aliphatic carbocycles. The van der Waals surface area contributed by atoms with Crippen LogP contribution in [0.15, 0.2) is 30.6 Å².